The summed E-state index contributed by atoms with van der Waals surface area (Å²) in [6, 6.07) is 8.44. The standard InChI is InChI=1S/C15H20N2O2.ClH/c1-16-13-6-7-17(9-13)15(18)12-8-11-4-2-3-5-14(11)19-10-12;/h2-5,12-13,16H,6-10H2,1H3;1H. The molecule has 0 spiro atoms. The molecule has 20 heavy (non-hydrogen) atoms. The van der Waals surface area contributed by atoms with Crippen molar-refractivity contribution in [3.05, 3.63) is 29.8 Å². The molecule has 0 saturated carbocycles. The number of hydrogen-bond acceptors (Lipinski definition) is 3. The Kier molecular flexibility index (Phi) is 4.89. The van der Waals surface area contributed by atoms with Gasteiger partial charge in [-0.15, -0.1) is 12.4 Å². The average Bonchev–Trinajstić information content (AvgIpc) is 2.95. The Morgan fingerprint density at radius 2 is 2.20 bits per heavy atom. The highest BCUT2D eigenvalue weighted by Gasteiger charge is 2.32. The lowest BCUT2D eigenvalue weighted by atomic mass is 9.95. The van der Waals surface area contributed by atoms with Crippen LogP contribution in [0.2, 0.25) is 0 Å². The fourth-order valence-corrected chi connectivity index (χ4v) is 2.94. The second-order valence-electron chi connectivity index (χ2n) is 5.38. The summed E-state index contributed by atoms with van der Waals surface area (Å²) in [6.45, 7) is 2.20. The molecule has 1 fully saturated rings. The molecule has 0 radical (unpaired) electrons. The second-order valence-corrected chi connectivity index (χ2v) is 5.38. The zero-order valence-corrected chi connectivity index (χ0v) is 12.5. The number of rotatable bonds is 2. The molecular weight excluding hydrogens is 276 g/mol. The molecule has 3 rings (SSSR count). The van der Waals surface area contributed by atoms with E-state index in [1.165, 1.54) is 0 Å². The Bertz CT molecular complexity index is 481. The van der Waals surface area contributed by atoms with Gasteiger partial charge in [0.1, 0.15) is 12.4 Å². The van der Waals surface area contributed by atoms with Gasteiger partial charge in [0.15, 0.2) is 0 Å². The van der Waals surface area contributed by atoms with Crippen LogP contribution in [0.25, 0.3) is 0 Å². The van der Waals surface area contributed by atoms with Crippen molar-refractivity contribution in [2.45, 2.75) is 18.9 Å². The lowest BCUT2D eigenvalue weighted by Crippen LogP contribution is -2.41. The van der Waals surface area contributed by atoms with Crippen LogP contribution in [0.5, 0.6) is 5.75 Å². The van der Waals surface area contributed by atoms with Gasteiger partial charge in [-0.3, -0.25) is 4.79 Å². The van der Waals surface area contributed by atoms with Crippen molar-refractivity contribution >= 4 is 18.3 Å². The Labute approximate surface area is 125 Å². The van der Waals surface area contributed by atoms with Crippen LogP contribution in [-0.4, -0.2) is 43.6 Å². The fourth-order valence-electron chi connectivity index (χ4n) is 2.94. The van der Waals surface area contributed by atoms with Crippen molar-refractivity contribution in [3.8, 4) is 5.75 Å². The van der Waals surface area contributed by atoms with E-state index in [1.807, 2.05) is 30.1 Å². The number of amides is 1. The highest BCUT2D eigenvalue weighted by molar-refractivity contribution is 5.85. The second kappa shape index (κ2) is 6.46. The van der Waals surface area contributed by atoms with E-state index in [9.17, 15) is 4.79 Å². The molecule has 0 aliphatic carbocycles. The van der Waals surface area contributed by atoms with Gasteiger partial charge >= 0.3 is 0 Å². The van der Waals surface area contributed by atoms with E-state index in [0.29, 0.717) is 12.6 Å². The van der Waals surface area contributed by atoms with Crippen LogP contribution < -0.4 is 10.1 Å². The fraction of sp³-hybridized carbons (Fsp3) is 0.533. The number of nitrogens with one attached hydrogen (secondary N) is 1. The van der Waals surface area contributed by atoms with E-state index in [-0.39, 0.29) is 24.2 Å². The maximum absolute atomic E-state index is 12.5. The number of halogens is 1. The minimum Gasteiger partial charge on any atom is -0.492 e. The van der Waals surface area contributed by atoms with Gasteiger partial charge in [0.25, 0.3) is 0 Å². The summed E-state index contributed by atoms with van der Waals surface area (Å²) in [5.74, 6) is 1.15. The minimum absolute atomic E-state index is 0. The number of likely N-dealkylation sites (tertiary alicyclic amines) is 1. The predicted octanol–water partition coefficient (Wildman–Crippen LogP) is 1.48. The van der Waals surface area contributed by atoms with Crippen molar-refractivity contribution in [2.75, 3.05) is 26.7 Å². The third-order valence-electron chi connectivity index (χ3n) is 4.14. The van der Waals surface area contributed by atoms with Crippen molar-refractivity contribution < 1.29 is 9.53 Å². The van der Waals surface area contributed by atoms with Crippen LogP contribution in [-0.2, 0) is 11.2 Å². The smallest absolute Gasteiger partial charge is 0.229 e. The highest BCUT2D eigenvalue weighted by Crippen LogP contribution is 2.28. The van der Waals surface area contributed by atoms with Gasteiger partial charge in [-0.05, 0) is 31.5 Å². The molecule has 110 valence electrons. The van der Waals surface area contributed by atoms with Crippen LogP contribution >= 0.6 is 12.4 Å². The maximum atomic E-state index is 12.5. The Hall–Kier alpha value is -1.26. The Morgan fingerprint density at radius 3 is 2.95 bits per heavy atom. The van der Waals surface area contributed by atoms with E-state index in [0.717, 1.165) is 37.2 Å². The van der Waals surface area contributed by atoms with Crippen molar-refractivity contribution in [3.63, 3.8) is 0 Å². The summed E-state index contributed by atoms with van der Waals surface area (Å²) in [4.78, 5) is 14.5. The molecular formula is C15H21ClN2O2. The predicted molar refractivity (Wildman–Crippen MR) is 80.4 cm³/mol. The summed E-state index contributed by atoms with van der Waals surface area (Å²) in [5, 5.41) is 3.24. The number of benzene rings is 1. The molecule has 1 aromatic carbocycles. The molecule has 4 nitrogen and oxygen atoms in total. The van der Waals surface area contributed by atoms with Crippen LogP contribution in [0.15, 0.2) is 24.3 Å². The van der Waals surface area contributed by atoms with Gasteiger partial charge in [-0.1, -0.05) is 18.2 Å². The minimum atomic E-state index is -0.0227. The molecule has 2 unspecified atom stereocenters. The summed E-state index contributed by atoms with van der Waals surface area (Å²) in [5.41, 5.74) is 1.15. The third kappa shape index (κ3) is 2.91. The van der Waals surface area contributed by atoms with Gasteiger partial charge in [0.2, 0.25) is 5.91 Å². The van der Waals surface area contributed by atoms with Crippen molar-refractivity contribution in [2.24, 2.45) is 5.92 Å². The Balaban J connectivity index is 0.00000147. The number of likely N-dealkylation sites (N-methyl/N-ethyl adjacent to an activating group) is 1. The highest BCUT2D eigenvalue weighted by atomic mass is 35.5. The van der Waals surface area contributed by atoms with Gasteiger partial charge in [-0.2, -0.15) is 0 Å². The summed E-state index contributed by atoms with van der Waals surface area (Å²) >= 11 is 0. The van der Waals surface area contributed by atoms with E-state index in [2.05, 4.69) is 11.4 Å². The molecule has 1 aromatic rings. The van der Waals surface area contributed by atoms with E-state index in [1.54, 1.807) is 0 Å². The number of ether oxygens (including phenoxy) is 1. The first-order valence-electron chi connectivity index (χ1n) is 6.94. The van der Waals surface area contributed by atoms with Crippen LogP contribution in [0, 0.1) is 5.92 Å². The molecule has 5 heteroatoms. The molecule has 2 aliphatic rings. The van der Waals surface area contributed by atoms with Gasteiger partial charge in [-0.25, -0.2) is 0 Å². The van der Waals surface area contributed by atoms with E-state index < -0.39 is 0 Å². The summed E-state index contributed by atoms with van der Waals surface area (Å²) in [7, 11) is 1.96. The third-order valence-corrected chi connectivity index (χ3v) is 4.14. The van der Waals surface area contributed by atoms with Crippen molar-refractivity contribution in [1.29, 1.82) is 0 Å². The number of carbonyl (C=O) groups excluding carboxylic acids is 1. The monoisotopic (exact) mass is 296 g/mol. The normalized spacial score (nSPS) is 24.6. The Morgan fingerprint density at radius 1 is 1.40 bits per heavy atom. The quantitative estimate of drug-likeness (QED) is 0.899. The van der Waals surface area contributed by atoms with Crippen LogP contribution in [0.1, 0.15) is 12.0 Å². The van der Waals surface area contributed by atoms with E-state index >= 15 is 0 Å². The lowest BCUT2D eigenvalue weighted by molar-refractivity contribution is -0.135. The molecule has 0 aromatic heterocycles. The lowest BCUT2D eigenvalue weighted by Gasteiger charge is -2.28. The molecule has 1 N–H and O–H groups in total. The number of para-hydroxylation sites is 1. The average molecular weight is 297 g/mol. The molecule has 1 amide bonds. The van der Waals surface area contributed by atoms with Gasteiger partial charge in [0, 0.05) is 19.1 Å². The first-order valence-corrected chi connectivity index (χ1v) is 6.94. The van der Waals surface area contributed by atoms with Gasteiger partial charge < -0.3 is 15.0 Å². The molecule has 2 aliphatic heterocycles. The van der Waals surface area contributed by atoms with Gasteiger partial charge in [0.05, 0.1) is 5.92 Å². The molecule has 2 atom stereocenters. The first kappa shape index (κ1) is 15.1. The topological polar surface area (TPSA) is 41.6 Å². The number of carbonyl (C=O) groups is 1. The molecule has 0 bridgehead atoms. The zero-order chi connectivity index (χ0) is 13.2. The summed E-state index contributed by atoms with van der Waals surface area (Å²) < 4.78 is 5.71. The van der Waals surface area contributed by atoms with Crippen LogP contribution in [0.3, 0.4) is 0 Å². The maximum Gasteiger partial charge on any atom is 0.229 e. The number of hydrogen-bond donors (Lipinski definition) is 1. The SMILES string of the molecule is CNC1CCN(C(=O)C2COc3ccccc3C2)C1.Cl. The number of fused-ring (bicyclic) bond motifs is 1. The van der Waals surface area contributed by atoms with Crippen molar-refractivity contribution in [1.82, 2.24) is 10.2 Å². The first-order chi connectivity index (χ1) is 9.28. The zero-order valence-electron chi connectivity index (χ0n) is 11.7. The van der Waals surface area contributed by atoms with E-state index in [4.69, 9.17) is 4.74 Å². The van der Waals surface area contributed by atoms with Crippen LogP contribution in [0.4, 0.5) is 0 Å². The molecule has 2 heterocycles. The largest absolute Gasteiger partial charge is 0.492 e. The number of nitrogens with zero attached hydrogens (tertiary/aromatic N) is 1. The molecule has 1 saturated heterocycles. The summed E-state index contributed by atoms with van der Waals surface area (Å²) in [6.07, 6.45) is 1.85.